The van der Waals surface area contributed by atoms with Crippen molar-refractivity contribution in [3.63, 3.8) is 0 Å². The third-order valence-electron chi connectivity index (χ3n) is 2.51. The Morgan fingerprint density at radius 3 is 2.38 bits per heavy atom. The van der Waals surface area contributed by atoms with Gasteiger partial charge in [0.1, 0.15) is 0 Å². The summed E-state index contributed by atoms with van der Waals surface area (Å²) in [6.45, 7) is 2.32. The quantitative estimate of drug-likeness (QED) is 0.711. The highest BCUT2D eigenvalue weighted by Gasteiger charge is 2.31. The van der Waals surface area contributed by atoms with Crippen LogP contribution in [0.4, 0.5) is 0 Å². The van der Waals surface area contributed by atoms with E-state index in [0.717, 1.165) is 18.2 Å². The van der Waals surface area contributed by atoms with E-state index in [2.05, 4.69) is 15.9 Å². The van der Waals surface area contributed by atoms with Crippen molar-refractivity contribution in [3.05, 3.63) is 0 Å². The van der Waals surface area contributed by atoms with Crippen molar-refractivity contribution in [2.24, 2.45) is 0 Å². The van der Waals surface area contributed by atoms with Crippen LogP contribution in [-0.2, 0) is 10.0 Å². The summed E-state index contributed by atoms with van der Waals surface area (Å²) < 4.78 is 24.9. The minimum Gasteiger partial charge on any atom is -0.212 e. The molecule has 0 aromatic carbocycles. The third-order valence-corrected chi connectivity index (χ3v) is 4.79. The number of hydrogen-bond donors (Lipinski definition) is 0. The first-order valence-electron chi connectivity index (χ1n) is 4.67. The van der Waals surface area contributed by atoms with E-state index in [-0.39, 0.29) is 11.8 Å². The van der Waals surface area contributed by atoms with E-state index in [9.17, 15) is 8.42 Å². The largest absolute Gasteiger partial charge is 0.214 e. The second-order valence-electron chi connectivity index (χ2n) is 3.28. The molecule has 0 unspecified atom stereocenters. The summed E-state index contributed by atoms with van der Waals surface area (Å²) >= 11 is 3.29. The molecule has 3 nitrogen and oxygen atoms in total. The van der Waals surface area contributed by atoms with Gasteiger partial charge in [-0.3, -0.25) is 0 Å². The standard InChI is InChI=1S/C8H16BrNO2S/c1-2-13(11,12)10(7-6-9)8-4-3-5-8/h8H,2-7H2,1H3. The topological polar surface area (TPSA) is 37.4 Å². The first kappa shape index (κ1) is 11.5. The molecule has 0 amide bonds. The number of halogens is 1. The second-order valence-corrected chi connectivity index (χ2v) is 6.29. The van der Waals surface area contributed by atoms with Crippen LogP contribution in [0.25, 0.3) is 0 Å². The predicted molar refractivity (Wildman–Crippen MR) is 57.6 cm³/mol. The number of nitrogens with zero attached hydrogens (tertiary/aromatic N) is 1. The Morgan fingerprint density at radius 1 is 1.46 bits per heavy atom. The molecule has 0 bridgehead atoms. The van der Waals surface area contributed by atoms with Crippen molar-refractivity contribution in [3.8, 4) is 0 Å². The van der Waals surface area contributed by atoms with E-state index in [4.69, 9.17) is 0 Å². The highest BCUT2D eigenvalue weighted by Crippen LogP contribution is 2.27. The Balaban J connectivity index is 2.66. The lowest BCUT2D eigenvalue weighted by molar-refractivity contribution is 0.228. The van der Waals surface area contributed by atoms with Crippen molar-refractivity contribution in [1.29, 1.82) is 0 Å². The number of rotatable bonds is 5. The summed E-state index contributed by atoms with van der Waals surface area (Å²) in [5, 5.41) is 0.725. The van der Waals surface area contributed by atoms with Gasteiger partial charge in [0.2, 0.25) is 10.0 Å². The van der Waals surface area contributed by atoms with Crippen LogP contribution in [0.15, 0.2) is 0 Å². The summed E-state index contributed by atoms with van der Waals surface area (Å²) in [6, 6.07) is 0.280. The van der Waals surface area contributed by atoms with Gasteiger partial charge >= 0.3 is 0 Å². The van der Waals surface area contributed by atoms with E-state index in [1.54, 1.807) is 11.2 Å². The van der Waals surface area contributed by atoms with Crippen LogP contribution >= 0.6 is 15.9 Å². The molecule has 1 aliphatic carbocycles. The molecule has 78 valence electrons. The van der Waals surface area contributed by atoms with Gasteiger partial charge in [0.25, 0.3) is 0 Å². The van der Waals surface area contributed by atoms with E-state index in [0.29, 0.717) is 6.54 Å². The molecular formula is C8H16BrNO2S. The molecule has 1 saturated carbocycles. The molecule has 0 spiro atoms. The van der Waals surface area contributed by atoms with Gasteiger partial charge in [-0.05, 0) is 19.8 Å². The summed E-state index contributed by atoms with van der Waals surface area (Å²) in [5.74, 6) is 0.219. The molecule has 1 rings (SSSR count). The number of hydrogen-bond acceptors (Lipinski definition) is 2. The first-order valence-corrected chi connectivity index (χ1v) is 7.40. The van der Waals surface area contributed by atoms with Gasteiger partial charge in [-0.2, -0.15) is 4.31 Å². The lowest BCUT2D eigenvalue weighted by Crippen LogP contribution is -2.45. The highest BCUT2D eigenvalue weighted by atomic mass is 79.9. The Bertz CT molecular complexity index is 249. The molecule has 0 aromatic rings. The maximum absolute atomic E-state index is 11.6. The third kappa shape index (κ3) is 2.67. The van der Waals surface area contributed by atoms with Gasteiger partial charge in [0.15, 0.2) is 0 Å². The molecule has 1 aliphatic rings. The first-order chi connectivity index (χ1) is 6.11. The highest BCUT2D eigenvalue weighted by molar-refractivity contribution is 9.09. The average Bonchev–Trinajstić information content (AvgIpc) is 2.00. The minimum absolute atomic E-state index is 0.219. The molecule has 13 heavy (non-hydrogen) atoms. The average molecular weight is 270 g/mol. The maximum Gasteiger partial charge on any atom is 0.214 e. The molecule has 0 saturated heterocycles. The molecule has 0 atom stereocenters. The Morgan fingerprint density at radius 2 is 2.08 bits per heavy atom. The number of sulfonamides is 1. The zero-order valence-corrected chi connectivity index (χ0v) is 10.3. The summed E-state index contributed by atoms with van der Waals surface area (Å²) in [6.07, 6.45) is 3.24. The fourth-order valence-corrected chi connectivity index (χ4v) is 3.46. The Hall–Kier alpha value is 0.390. The zero-order valence-electron chi connectivity index (χ0n) is 7.87. The van der Waals surface area contributed by atoms with Crippen molar-refractivity contribution >= 4 is 26.0 Å². The number of alkyl halides is 1. The van der Waals surface area contributed by atoms with E-state index >= 15 is 0 Å². The van der Waals surface area contributed by atoms with Crippen LogP contribution in [0.2, 0.25) is 0 Å². The van der Waals surface area contributed by atoms with Gasteiger partial charge in [-0.25, -0.2) is 8.42 Å². The minimum atomic E-state index is -2.98. The predicted octanol–water partition coefficient (Wildman–Crippen LogP) is 1.59. The van der Waals surface area contributed by atoms with Crippen molar-refractivity contribution < 1.29 is 8.42 Å². The molecular weight excluding hydrogens is 254 g/mol. The van der Waals surface area contributed by atoms with Crippen LogP contribution in [0.1, 0.15) is 26.2 Å². The van der Waals surface area contributed by atoms with Gasteiger partial charge in [0.05, 0.1) is 5.75 Å². The van der Waals surface area contributed by atoms with Crippen LogP contribution in [-0.4, -0.2) is 36.4 Å². The molecule has 0 heterocycles. The normalized spacial score (nSPS) is 19.0. The molecule has 0 aliphatic heterocycles. The molecule has 0 radical (unpaired) electrons. The Kier molecular flexibility index (Phi) is 4.19. The molecule has 1 fully saturated rings. The maximum atomic E-state index is 11.6. The lowest BCUT2D eigenvalue weighted by Gasteiger charge is -2.35. The van der Waals surface area contributed by atoms with Gasteiger partial charge in [0, 0.05) is 17.9 Å². The lowest BCUT2D eigenvalue weighted by atomic mass is 9.93. The fourth-order valence-electron chi connectivity index (χ4n) is 1.47. The smallest absolute Gasteiger partial charge is 0.212 e. The second kappa shape index (κ2) is 4.75. The summed E-state index contributed by atoms with van der Waals surface area (Å²) in [5.41, 5.74) is 0. The molecule has 0 aromatic heterocycles. The molecule has 5 heteroatoms. The summed E-state index contributed by atoms with van der Waals surface area (Å²) in [7, 11) is -2.98. The van der Waals surface area contributed by atoms with E-state index < -0.39 is 10.0 Å². The van der Waals surface area contributed by atoms with Crippen molar-refractivity contribution in [2.75, 3.05) is 17.6 Å². The van der Waals surface area contributed by atoms with Crippen molar-refractivity contribution in [2.45, 2.75) is 32.2 Å². The van der Waals surface area contributed by atoms with Gasteiger partial charge in [-0.1, -0.05) is 22.4 Å². The fraction of sp³-hybridized carbons (Fsp3) is 1.00. The van der Waals surface area contributed by atoms with Crippen LogP contribution in [0.5, 0.6) is 0 Å². The van der Waals surface area contributed by atoms with Gasteiger partial charge in [-0.15, -0.1) is 0 Å². The Labute approximate surface area is 88.7 Å². The monoisotopic (exact) mass is 269 g/mol. The molecule has 0 N–H and O–H groups in total. The van der Waals surface area contributed by atoms with E-state index in [1.165, 1.54) is 6.42 Å². The van der Waals surface area contributed by atoms with Gasteiger partial charge < -0.3 is 0 Å². The van der Waals surface area contributed by atoms with Crippen LogP contribution in [0, 0.1) is 0 Å². The SMILES string of the molecule is CCS(=O)(=O)N(CCBr)C1CCC1. The van der Waals surface area contributed by atoms with Crippen molar-refractivity contribution in [1.82, 2.24) is 4.31 Å². The van der Waals surface area contributed by atoms with Crippen LogP contribution < -0.4 is 0 Å². The van der Waals surface area contributed by atoms with Crippen LogP contribution in [0.3, 0.4) is 0 Å². The zero-order chi connectivity index (χ0) is 9.90. The van der Waals surface area contributed by atoms with E-state index in [1.807, 2.05) is 0 Å². The summed E-state index contributed by atoms with van der Waals surface area (Å²) in [4.78, 5) is 0.